The minimum Gasteiger partial charge on any atom is -0.457 e. The van der Waals surface area contributed by atoms with Crippen LogP contribution in [0.3, 0.4) is 0 Å². The highest BCUT2D eigenvalue weighted by Gasteiger charge is 2.06. The molecule has 106 valence electrons. The minimum atomic E-state index is 0.687. The molecule has 21 heavy (non-hydrogen) atoms. The van der Waals surface area contributed by atoms with E-state index in [1.54, 1.807) is 6.20 Å². The van der Waals surface area contributed by atoms with Crippen molar-refractivity contribution in [3.8, 4) is 11.5 Å². The Balaban J connectivity index is 2.02. The van der Waals surface area contributed by atoms with Crippen molar-refractivity contribution < 1.29 is 4.74 Å². The second-order valence-corrected chi connectivity index (χ2v) is 5.20. The van der Waals surface area contributed by atoms with E-state index in [-0.39, 0.29) is 0 Å². The maximum Gasteiger partial charge on any atom is 0.138 e. The van der Waals surface area contributed by atoms with Gasteiger partial charge in [-0.15, -0.1) is 0 Å². The van der Waals surface area contributed by atoms with E-state index in [1.807, 2.05) is 42.5 Å². The van der Waals surface area contributed by atoms with Gasteiger partial charge in [0.15, 0.2) is 0 Å². The van der Waals surface area contributed by atoms with E-state index in [4.69, 9.17) is 22.1 Å². The Morgan fingerprint density at radius 3 is 2.81 bits per heavy atom. The Morgan fingerprint density at radius 1 is 1.14 bits per heavy atom. The Labute approximate surface area is 128 Å². The molecule has 2 N–H and O–H groups in total. The van der Waals surface area contributed by atoms with Gasteiger partial charge in [0.1, 0.15) is 11.5 Å². The number of aromatic nitrogens is 1. The van der Waals surface area contributed by atoms with Gasteiger partial charge in [-0.1, -0.05) is 18.5 Å². The standard InChI is InChI=1S/C17H15ClN2O/c1-2-11-9-13(4-6-15(11)18)21-17-7-8-20-16-10-12(19)3-5-14(16)17/h3-10H,2,19H2,1H3. The maximum atomic E-state index is 6.13. The first-order chi connectivity index (χ1) is 10.2. The zero-order chi connectivity index (χ0) is 14.8. The summed E-state index contributed by atoms with van der Waals surface area (Å²) in [5, 5.41) is 1.69. The number of nitrogens with zero attached hydrogens (tertiary/aromatic N) is 1. The molecule has 0 fully saturated rings. The predicted octanol–water partition coefficient (Wildman–Crippen LogP) is 4.83. The summed E-state index contributed by atoms with van der Waals surface area (Å²) in [6, 6.07) is 13.1. The van der Waals surface area contributed by atoms with Crippen LogP contribution in [0.1, 0.15) is 12.5 Å². The van der Waals surface area contributed by atoms with Crippen molar-refractivity contribution in [3.05, 3.63) is 59.2 Å². The van der Waals surface area contributed by atoms with Crippen molar-refractivity contribution in [2.75, 3.05) is 5.73 Å². The van der Waals surface area contributed by atoms with Crippen LogP contribution in [0.5, 0.6) is 11.5 Å². The number of benzene rings is 2. The molecule has 0 radical (unpaired) electrons. The number of fused-ring (bicyclic) bond motifs is 1. The van der Waals surface area contributed by atoms with Crippen molar-refractivity contribution in [1.82, 2.24) is 4.98 Å². The molecule has 3 nitrogen and oxygen atoms in total. The number of anilines is 1. The summed E-state index contributed by atoms with van der Waals surface area (Å²) >= 11 is 6.13. The van der Waals surface area contributed by atoms with Gasteiger partial charge in [-0.25, -0.2) is 0 Å². The van der Waals surface area contributed by atoms with Crippen molar-refractivity contribution >= 4 is 28.2 Å². The molecule has 0 amide bonds. The molecule has 1 heterocycles. The Morgan fingerprint density at radius 2 is 2.00 bits per heavy atom. The summed E-state index contributed by atoms with van der Waals surface area (Å²) in [6.45, 7) is 2.07. The molecule has 0 atom stereocenters. The molecule has 3 aromatic rings. The third-order valence-electron chi connectivity index (χ3n) is 3.35. The lowest BCUT2D eigenvalue weighted by molar-refractivity contribution is 0.487. The van der Waals surface area contributed by atoms with Crippen LogP contribution >= 0.6 is 11.6 Å². The first-order valence-electron chi connectivity index (χ1n) is 6.78. The summed E-state index contributed by atoms with van der Waals surface area (Å²) in [5.74, 6) is 1.52. The zero-order valence-corrected chi connectivity index (χ0v) is 12.4. The second kappa shape index (κ2) is 5.62. The van der Waals surface area contributed by atoms with Crippen LogP contribution in [-0.2, 0) is 6.42 Å². The molecule has 0 saturated carbocycles. The average Bonchev–Trinajstić information content (AvgIpc) is 2.49. The van der Waals surface area contributed by atoms with Crippen molar-refractivity contribution in [1.29, 1.82) is 0 Å². The first-order valence-corrected chi connectivity index (χ1v) is 7.15. The third-order valence-corrected chi connectivity index (χ3v) is 3.72. The van der Waals surface area contributed by atoms with Gasteiger partial charge in [0.25, 0.3) is 0 Å². The Kier molecular flexibility index (Phi) is 3.67. The normalized spacial score (nSPS) is 10.8. The second-order valence-electron chi connectivity index (χ2n) is 4.79. The Hall–Kier alpha value is -2.26. The maximum absolute atomic E-state index is 6.13. The number of ether oxygens (including phenoxy) is 1. The number of pyridine rings is 1. The number of rotatable bonds is 3. The van der Waals surface area contributed by atoms with Crippen LogP contribution in [0, 0.1) is 0 Å². The minimum absolute atomic E-state index is 0.687. The smallest absolute Gasteiger partial charge is 0.138 e. The summed E-state index contributed by atoms with van der Waals surface area (Å²) in [7, 11) is 0. The molecule has 2 aromatic carbocycles. The number of aryl methyl sites for hydroxylation is 1. The van der Waals surface area contributed by atoms with Crippen LogP contribution in [0.15, 0.2) is 48.7 Å². The van der Waals surface area contributed by atoms with E-state index in [1.165, 1.54) is 0 Å². The number of hydrogen-bond acceptors (Lipinski definition) is 3. The molecule has 0 saturated heterocycles. The summed E-state index contributed by atoms with van der Waals surface area (Å²) in [4.78, 5) is 4.31. The summed E-state index contributed by atoms with van der Waals surface area (Å²) in [5.41, 5.74) is 8.36. The highest BCUT2D eigenvalue weighted by molar-refractivity contribution is 6.31. The van der Waals surface area contributed by atoms with Gasteiger partial charge in [0.2, 0.25) is 0 Å². The highest BCUT2D eigenvalue weighted by atomic mass is 35.5. The zero-order valence-electron chi connectivity index (χ0n) is 11.6. The van der Waals surface area contributed by atoms with Gasteiger partial charge in [-0.2, -0.15) is 0 Å². The van der Waals surface area contributed by atoms with Crippen LogP contribution < -0.4 is 10.5 Å². The fourth-order valence-corrected chi connectivity index (χ4v) is 2.49. The Bertz CT molecular complexity index is 802. The number of halogens is 1. The average molecular weight is 299 g/mol. The SMILES string of the molecule is CCc1cc(Oc2ccnc3cc(N)ccc23)ccc1Cl. The van der Waals surface area contributed by atoms with Crippen LogP contribution in [0.25, 0.3) is 10.9 Å². The fraction of sp³-hybridized carbons (Fsp3) is 0.118. The third kappa shape index (κ3) is 2.78. The van der Waals surface area contributed by atoms with E-state index in [0.29, 0.717) is 5.69 Å². The van der Waals surface area contributed by atoms with E-state index >= 15 is 0 Å². The number of nitrogens with two attached hydrogens (primary N) is 1. The summed E-state index contributed by atoms with van der Waals surface area (Å²) < 4.78 is 5.99. The molecule has 0 unspecified atom stereocenters. The lowest BCUT2D eigenvalue weighted by atomic mass is 10.1. The van der Waals surface area contributed by atoms with E-state index < -0.39 is 0 Å². The van der Waals surface area contributed by atoms with Crippen molar-refractivity contribution in [2.24, 2.45) is 0 Å². The molecule has 0 aliphatic heterocycles. The predicted molar refractivity (Wildman–Crippen MR) is 87.1 cm³/mol. The monoisotopic (exact) mass is 298 g/mol. The van der Waals surface area contributed by atoms with Gasteiger partial charge in [-0.05, 0) is 54.4 Å². The van der Waals surface area contributed by atoms with Crippen molar-refractivity contribution in [3.63, 3.8) is 0 Å². The molecule has 0 bridgehead atoms. The molecule has 1 aromatic heterocycles. The lowest BCUT2D eigenvalue weighted by Crippen LogP contribution is -1.91. The van der Waals surface area contributed by atoms with Crippen LogP contribution in [0.2, 0.25) is 5.02 Å². The molecule has 3 rings (SSSR count). The van der Waals surface area contributed by atoms with E-state index in [9.17, 15) is 0 Å². The molecule has 4 heteroatoms. The van der Waals surface area contributed by atoms with Crippen LogP contribution in [0.4, 0.5) is 5.69 Å². The number of hydrogen-bond donors (Lipinski definition) is 1. The van der Waals surface area contributed by atoms with Crippen LogP contribution in [-0.4, -0.2) is 4.98 Å². The van der Waals surface area contributed by atoms with Crippen molar-refractivity contribution in [2.45, 2.75) is 13.3 Å². The first kappa shape index (κ1) is 13.7. The van der Waals surface area contributed by atoms with Gasteiger partial charge in [0, 0.05) is 22.3 Å². The highest BCUT2D eigenvalue weighted by Crippen LogP contribution is 2.31. The topological polar surface area (TPSA) is 48.1 Å². The molecular weight excluding hydrogens is 284 g/mol. The number of nitrogen functional groups attached to an aromatic ring is 1. The molecule has 0 spiro atoms. The van der Waals surface area contributed by atoms with Gasteiger partial charge >= 0.3 is 0 Å². The van der Waals surface area contributed by atoms with Gasteiger partial charge < -0.3 is 10.5 Å². The van der Waals surface area contributed by atoms with Gasteiger partial charge in [-0.3, -0.25) is 4.98 Å². The van der Waals surface area contributed by atoms with E-state index in [0.717, 1.165) is 39.4 Å². The lowest BCUT2D eigenvalue weighted by Gasteiger charge is -2.10. The van der Waals surface area contributed by atoms with E-state index in [2.05, 4.69) is 11.9 Å². The summed E-state index contributed by atoms with van der Waals surface area (Å²) in [6.07, 6.45) is 2.58. The largest absolute Gasteiger partial charge is 0.457 e. The fourth-order valence-electron chi connectivity index (χ4n) is 2.24. The molecular formula is C17H15ClN2O. The molecule has 0 aliphatic rings. The molecule has 0 aliphatic carbocycles. The quantitative estimate of drug-likeness (QED) is 0.705. The van der Waals surface area contributed by atoms with Gasteiger partial charge in [0.05, 0.1) is 5.52 Å².